The van der Waals surface area contributed by atoms with Gasteiger partial charge in [0.25, 0.3) is 0 Å². The first-order valence-electron chi connectivity index (χ1n) is 6.36. The van der Waals surface area contributed by atoms with Gasteiger partial charge in [-0.25, -0.2) is 0 Å². The lowest BCUT2D eigenvalue weighted by atomic mass is 10.1. The summed E-state index contributed by atoms with van der Waals surface area (Å²) >= 11 is 0. The summed E-state index contributed by atoms with van der Waals surface area (Å²) in [5, 5.41) is 3.31. The Balaban J connectivity index is 1.76. The SMILES string of the molecule is CCNCc1ccc(COC2CCOC2)cc1. The number of ether oxygens (including phenoxy) is 2. The highest BCUT2D eigenvalue weighted by Crippen LogP contribution is 2.12. The van der Waals surface area contributed by atoms with Crippen molar-refractivity contribution in [3.63, 3.8) is 0 Å². The maximum Gasteiger partial charge on any atom is 0.0834 e. The van der Waals surface area contributed by atoms with Crippen molar-refractivity contribution in [1.29, 1.82) is 0 Å². The second-order valence-electron chi connectivity index (χ2n) is 4.39. The van der Waals surface area contributed by atoms with Gasteiger partial charge in [0.15, 0.2) is 0 Å². The lowest BCUT2D eigenvalue weighted by molar-refractivity contribution is 0.0317. The van der Waals surface area contributed by atoms with Crippen LogP contribution in [-0.4, -0.2) is 25.9 Å². The highest BCUT2D eigenvalue weighted by Gasteiger charge is 2.15. The van der Waals surface area contributed by atoms with E-state index in [0.29, 0.717) is 6.61 Å². The van der Waals surface area contributed by atoms with Gasteiger partial charge in [-0.05, 0) is 24.1 Å². The van der Waals surface area contributed by atoms with E-state index in [2.05, 4.69) is 36.5 Å². The van der Waals surface area contributed by atoms with Gasteiger partial charge in [0.1, 0.15) is 0 Å². The van der Waals surface area contributed by atoms with Crippen LogP contribution in [0, 0.1) is 0 Å². The summed E-state index contributed by atoms with van der Waals surface area (Å²) < 4.78 is 11.0. The van der Waals surface area contributed by atoms with Gasteiger partial charge in [-0.15, -0.1) is 0 Å². The average Bonchev–Trinajstić information content (AvgIpc) is 2.88. The molecule has 0 bridgehead atoms. The molecule has 3 heteroatoms. The van der Waals surface area contributed by atoms with Crippen molar-refractivity contribution in [2.24, 2.45) is 0 Å². The molecule has 1 aromatic carbocycles. The molecule has 2 rings (SSSR count). The van der Waals surface area contributed by atoms with Crippen LogP contribution >= 0.6 is 0 Å². The van der Waals surface area contributed by atoms with Crippen LogP contribution in [-0.2, 0) is 22.6 Å². The van der Waals surface area contributed by atoms with Crippen LogP contribution in [0.15, 0.2) is 24.3 Å². The maximum absolute atomic E-state index is 5.77. The summed E-state index contributed by atoms with van der Waals surface area (Å²) in [6.07, 6.45) is 1.31. The Kier molecular flexibility index (Phi) is 4.98. The van der Waals surface area contributed by atoms with Crippen molar-refractivity contribution in [1.82, 2.24) is 5.32 Å². The summed E-state index contributed by atoms with van der Waals surface area (Å²) in [6, 6.07) is 8.60. The molecule has 1 saturated heterocycles. The molecule has 17 heavy (non-hydrogen) atoms. The summed E-state index contributed by atoms with van der Waals surface area (Å²) in [7, 11) is 0. The molecule has 3 nitrogen and oxygen atoms in total. The lowest BCUT2D eigenvalue weighted by Crippen LogP contribution is -2.12. The first kappa shape index (κ1) is 12.6. The van der Waals surface area contributed by atoms with Crippen LogP contribution in [0.3, 0.4) is 0 Å². The lowest BCUT2D eigenvalue weighted by Gasteiger charge is -2.10. The normalized spacial score (nSPS) is 19.7. The molecule has 0 radical (unpaired) electrons. The minimum atomic E-state index is 0.288. The van der Waals surface area contributed by atoms with E-state index in [1.165, 1.54) is 11.1 Å². The van der Waals surface area contributed by atoms with Gasteiger partial charge < -0.3 is 14.8 Å². The van der Waals surface area contributed by atoms with Gasteiger partial charge in [0.05, 0.1) is 19.3 Å². The van der Waals surface area contributed by atoms with Crippen LogP contribution in [0.25, 0.3) is 0 Å². The van der Waals surface area contributed by atoms with E-state index >= 15 is 0 Å². The molecule has 1 unspecified atom stereocenters. The Morgan fingerprint density at radius 3 is 2.71 bits per heavy atom. The van der Waals surface area contributed by atoms with Crippen LogP contribution in [0.1, 0.15) is 24.5 Å². The molecule has 1 aromatic rings. The number of benzene rings is 1. The standard InChI is InChI=1S/C14H21NO2/c1-2-15-9-12-3-5-13(6-4-12)10-17-14-7-8-16-11-14/h3-6,14-15H,2,7-11H2,1H3. The summed E-state index contributed by atoms with van der Waals surface area (Å²) in [6.45, 7) is 6.34. The molecule has 1 fully saturated rings. The second kappa shape index (κ2) is 6.74. The fourth-order valence-electron chi connectivity index (χ4n) is 1.88. The van der Waals surface area contributed by atoms with E-state index in [-0.39, 0.29) is 6.10 Å². The van der Waals surface area contributed by atoms with E-state index in [1.54, 1.807) is 0 Å². The largest absolute Gasteiger partial charge is 0.379 e. The van der Waals surface area contributed by atoms with Crippen LogP contribution in [0.2, 0.25) is 0 Å². The van der Waals surface area contributed by atoms with E-state index in [0.717, 1.165) is 32.7 Å². The molecule has 1 atom stereocenters. The fourth-order valence-corrected chi connectivity index (χ4v) is 1.88. The predicted octanol–water partition coefficient (Wildman–Crippen LogP) is 2.10. The van der Waals surface area contributed by atoms with Crippen molar-refractivity contribution in [3.8, 4) is 0 Å². The number of rotatable bonds is 6. The Morgan fingerprint density at radius 2 is 2.06 bits per heavy atom. The Morgan fingerprint density at radius 1 is 1.29 bits per heavy atom. The van der Waals surface area contributed by atoms with Crippen molar-refractivity contribution in [3.05, 3.63) is 35.4 Å². The molecule has 1 N–H and O–H groups in total. The zero-order valence-electron chi connectivity index (χ0n) is 10.4. The van der Waals surface area contributed by atoms with Gasteiger partial charge in [0.2, 0.25) is 0 Å². The highest BCUT2D eigenvalue weighted by molar-refractivity contribution is 5.21. The van der Waals surface area contributed by atoms with E-state index in [9.17, 15) is 0 Å². The van der Waals surface area contributed by atoms with Gasteiger partial charge in [-0.2, -0.15) is 0 Å². The number of nitrogens with one attached hydrogen (secondary N) is 1. The van der Waals surface area contributed by atoms with Crippen molar-refractivity contribution in [2.75, 3.05) is 19.8 Å². The van der Waals surface area contributed by atoms with Crippen LogP contribution in [0.5, 0.6) is 0 Å². The second-order valence-corrected chi connectivity index (χ2v) is 4.39. The smallest absolute Gasteiger partial charge is 0.0834 e. The molecule has 0 amide bonds. The molecular formula is C14H21NO2. The number of hydrogen-bond donors (Lipinski definition) is 1. The topological polar surface area (TPSA) is 30.5 Å². The van der Waals surface area contributed by atoms with Gasteiger partial charge in [0, 0.05) is 13.2 Å². The molecular weight excluding hydrogens is 214 g/mol. The molecule has 0 saturated carbocycles. The quantitative estimate of drug-likeness (QED) is 0.819. The first-order valence-corrected chi connectivity index (χ1v) is 6.36. The van der Waals surface area contributed by atoms with E-state index in [4.69, 9.17) is 9.47 Å². The van der Waals surface area contributed by atoms with Gasteiger partial charge in [-0.1, -0.05) is 31.2 Å². The fraction of sp³-hybridized carbons (Fsp3) is 0.571. The Hall–Kier alpha value is -0.900. The molecule has 0 spiro atoms. The molecule has 0 aliphatic carbocycles. The minimum absolute atomic E-state index is 0.288. The third-order valence-corrected chi connectivity index (χ3v) is 2.98. The van der Waals surface area contributed by atoms with Crippen molar-refractivity contribution >= 4 is 0 Å². The third kappa shape index (κ3) is 4.11. The predicted molar refractivity (Wildman–Crippen MR) is 67.8 cm³/mol. The van der Waals surface area contributed by atoms with Crippen molar-refractivity contribution in [2.45, 2.75) is 32.6 Å². The van der Waals surface area contributed by atoms with E-state index < -0.39 is 0 Å². The summed E-state index contributed by atoms with van der Waals surface area (Å²) in [4.78, 5) is 0. The number of hydrogen-bond acceptors (Lipinski definition) is 3. The Bertz CT molecular complexity index is 317. The summed E-state index contributed by atoms with van der Waals surface area (Å²) in [5.41, 5.74) is 2.55. The molecule has 1 heterocycles. The zero-order valence-corrected chi connectivity index (χ0v) is 10.4. The Labute approximate surface area is 103 Å². The zero-order chi connectivity index (χ0) is 11.9. The molecule has 1 aliphatic rings. The van der Waals surface area contributed by atoms with Crippen molar-refractivity contribution < 1.29 is 9.47 Å². The minimum Gasteiger partial charge on any atom is -0.379 e. The van der Waals surface area contributed by atoms with Gasteiger partial charge in [-0.3, -0.25) is 0 Å². The molecule has 1 aliphatic heterocycles. The van der Waals surface area contributed by atoms with Crippen LogP contribution < -0.4 is 5.32 Å². The van der Waals surface area contributed by atoms with E-state index in [1.807, 2.05) is 0 Å². The first-order chi connectivity index (χ1) is 8.38. The maximum atomic E-state index is 5.77. The van der Waals surface area contributed by atoms with Crippen LogP contribution in [0.4, 0.5) is 0 Å². The van der Waals surface area contributed by atoms with Gasteiger partial charge >= 0.3 is 0 Å². The monoisotopic (exact) mass is 235 g/mol. The molecule has 94 valence electrons. The molecule has 0 aromatic heterocycles. The highest BCUT2D eigenvalue weighted by atomic mass is 16.5. The third-order valence-electron chi connectivity index (χ3n) is 2.98. The summed E-state index contributed by atoms with van der Waals surface area (Å²) in [5.74, 6) is 0. The average molecular weight is 235 g/mol.